The molecule has 11 nitrogen and oxygen atoms in total. The number of para-hydroxylation sites is 2. The number of nitrogen functional groups attached to an aromatic ring is 1. The number of aryl methyl sites for hydroxylation is 1. The number of anilines is 1. The van der Waals surface area contributed by atoms with Crippen molar-refractivity contribution in [3.05, 3.63) is 63.0 Å². The van der Waals surface area contributed by atoms with Gasteiger partial charge in [0.2, 0.25) is 0 Å². The van der Waals surface area contributed by atoms with Crippen molar-refractivity contribution in [1.82, 2.24) is 29.2 Å². The Morgan fingerprint density at radius 3 is 2.37 bits per heavy atom. The summed E-state index contributed by atoms with van der Waals surface area (Å²) in [6, 6.07) is 11.9. The van der Waals surface area contributed by atoms with Gasteiger partial charge in [-0.3, -0.25) is 14.3 Å². The molecule has 2 atom stereocenters. The summed E-state index contributed by atoms with van der Waals surface area (Å²) >= 11 is 6.41. The van der Waals surface area contributed by atoms with Gasteiger partial charge in [0.05, 0.1) is 21.7 Å². The molecule has 12 heteroatoms. The fourth-order valence-corrected chi connectivity index (χ4v) is 8.39. The average Bonchev–Trinajstić information content (AvgIpc) is 3.42. The molecule has 0 radical (unpaired) electrons. The SMILES string of the molecule is Cc1cc(C[C@@H](OC(=O)N2CCC(n3c(=O)[nH]c4ccccc43)CC2)C(=O)N2CCN(C3CN4CCC3CC4)CC2)cc(Cl)c1N. The molecule has 5 aliphatic rings. The monoisotopic (exact) mass is 649 g/mol. The standard InChI is InChI=1S/C34H44ClN7O4/c1-22-18-23(19-26(35)31(22)36)20-30(32(43)40-16-14-39(15-17-40)29-21-38-10-6-24(29)7-11-38)46-34(45)41-12-8-25(9-13-41)42-28-5-3-2-4-27(28)37-33(42)44/h2-5,18-19,24-25,29-30H,6-17,20-21,36H2,1H3,(H,37,44)/t29?,30-/m1/s1. The number of H-pyrrole nitrogens is 1. The van der Waals surface area contributed by atoms with Gasteiger partial charge < -0.3 is 30.2 Å². The van der Waals surface area contributed by atoms with E-state index in [1.54, 1.807) is 15.5 Å². The molecular weight excluding hydrogens is 606 g/mol. The van der Waals surface area contributed by atoms with Crippen LogP contribution in [0.25, 0.3) is 11.0 Å². The first-order valence-electron chi connectivity index (χ1n) is 16.7. The molecule has 3 aromatic rings. The molecule has 5 fully saturated rings. The number of piperazine rings is 1. The first kappa shape index (κ1) is 31.1. The van der Waals surface area contributed by atoms with Crippen molar-refractivity contribution < 1.29 is 14.3 Å². The minimum absolute atomic E-state index is 0.0301. The molecule has 3 N–H and O–H groups in total. The molecule has 1 aromatic heterocycles. The molecule has 0 saturated carbocycles. The summed E-state index contributed by atoms with van der Waals surface area (Å²) in [6.07, 6.45) is 2.48. The predicted molar refractivity (Wildman–Crippen MR) is 178 cm³/mol. The van der Waals surface area contributed by atoms with Gasteiger partial charge in [0.15, 0.2) is 6.10 Å². The number of hydrogen-bond donors (Lipinski definition) is 2. The van der Waals surface area contributed by atoms with Crippen LogP contribution in [0.5, 0.6) is 0 Å². The third kappa shape index (κ3) is 6.12. The van der Waals surface area contributed by atoms with E-state index in [0.29, 0.717) is 55.8 Å². The van der Waals surface area contributed by atoms with Crippen molar-refractivity contribution in [3.8, 4) is 0 Å². The molecule has 0 spiro atoms. The van der Waals surface area contributed by atoms with Crippen molar-refractivity contribution in [1.29, 1.82) is 0 Å². The van der Waals surface area contributed by atoms with Crippen LogP contribution in [0.2, 0.25) is 5.02 Å². The van der Waals surface area contributed by atoms with Crippen molar-refractivity contribution in [2.75, 3.05) is 64.6 Å². The Labute approximate surface area is 274 Å². The van der Waals surface area contributed by atoms with Gasteiger partial charge >= 0.3 is 11.8 Å². The number of carbonyl (C=O) groups is 2. The summed E-state index contributed by atoms with van der Waals surface area (Å²) in [5.41, 5.74) is 9.74. The highest BCUT2D eigenvalue weighted by Gasteiger charge is 2.40. The quantitative estimate of drug-likeness (QED) is 0.392. The molecule has 2 amide bonds. The van der Waals surface area contributed by atoms with E-state index in [2.05, 4.69) is 14.8 Å². The average molecular weight is 650 g/mol. The number of imidazole rings is 1. The van der Waals surface area contributed by atoms with E-state index in [1.165, 1.54) is 25.9 Å². The highest BCUT2D eigenvalue weighted by atomic mass is 35.5. The zero-order valence-electron chi connectivity index (χ0n) is 26.5. The number of likely N-dealkylation sites (tertiary alicyclic amines) is 1. The van der Waals surface area contributed by atoms with E-state index >= 15 is 0 Å². The number of rotatable bonds is 6. The van der Waals surface area contributed by atoms with Gasteiger partial charge in [-0.05, 0) is 80.9 Å². The lowest BCUT2D eigenvalue weighted by Gasteiger charge is -2.51. The topological polar surface area (TPSA) is 120 Å². The molecule has 1 unspecified atom stereocenters. The summed E-state index contributed by atoms with van der Waals surface area (Å²) in [4.78, 5) is 51.9. The number of piperidine rings is 4. The third-order valence-corrected chi connectivity index (χ3v) is 11.1. The van der Waals surface area contributed by atoms with E-state index < -0.39 is 12.2 Å². The summed E-state index contributed by atoms with van der Waals surface area (Å²) in [5, 5.41) is 0.424. The van der Waals surface area contributed by atoms with Crippen molar-refractivity contribution in [3.63, 3.8) is 0 Å². The largest absolute Gasteiger partial charge is 0.436 e. The zero-order chi connectivity index (χ0) is 31.9. The van der Waals surface area contributed by atoms with Crippen LogP contribution in [0, 0.1) is 12.8 Å². The van der Waals surface area contributed by atoms with Gasteiger partial charge in [0, 0.05) is 64.3 Å². The van der Waals surface area contributed by atoms with Crippen LogP contribution >= 0.6 is 11.6 Å². The number of fused-ring (bicyclic) bond motifs is 4. The maximum absolute atomic E-state index is 14.0. The van der Waals surface area contributed by atoms with E-state index in [1.807, 2.05) is 42.2 Å². The van der Waals surface area contributed by atoms with E-state index in [9.17, 15) is 14.4 Å². The Balaban J connectivity index is 1.02. The van der Waals surface area contributed by atoms with Crippen molar-refractivity contribution in [2.24, 2.45) is 5.92 Å². The minimum Gasteiger partial charge on any atom is -0.436 e. The number of ether oxygens (including phenoxy) is 1. The molecular formula is C34H44ClN7O4. The van der Waals surface area contributed by atoms with Crippen LogP contribution in [-0.2, 0) is 16.0 Å². The minimum atomic E-state index is -0.982. The second kappa shape index (κ2) is 12.9. The highest BCUT2D eigenvalue weighted by molar-refractivity contribution is 6.33. The molecule has 246 valence electrons. The summed E-state index contributed by atoms with van der Waals surface area (Å²) in [6.45, 7) is 9.17. The van der Waals surface area contributed by atoms with Crippen LogP contribution in [0.1, 0.15) is 42.9 Å². The third-order valence-electron chi connectivity index (χ3n) is 10.8. The lowest BCUT2D eigenvalue weighted by Crippen LogP contribution is -2.62. The summed E-state index contributed by atoms with van der Waals surface area (Å²) < 4.78 is 7.85. The van der Waals surface area contributed by atoms with Crippen LogP contribution in [0.15, 0.2) is 41.2 Å². The molecule has 2 bridgehead atoms. The van der Waals surface area contributed by atoms with Gasteiger partial charge in [0.1, 0.15) is 0 Å². The number of halogens is 1. The summed E-state index contributed by atoms with van der Waals surface area (Å²) in [5.74, 6) is 0.575. The maximum atomic E-state index is 14.0. The first-order valence-corrected chi connectivity index (χ1v) is 17.1. The molecule has 2 aromatic carbocycles. The molecule has 6 heterocycles. The van der Waals surface area contributed by atoms with Crippen molar-refractivity contribution >= 4 is 40.3 Å². The second-order valence-corrected chi connectivity index (χ2v) is 13.9. The predicted octanol–water partition coefficient (Wildman–Crippen LogP) is 3.50. The van der Waals surface area contributed by atoms with Gasteiger partial charge in [-0.15, -0.1) is 0 Å². The number of aromatic amines is 1. The molecule has 46 heavy (non-hydrogen) atoms. The normalized spacial score (nSPS) is 24.8. The maximum Gasteiger partial charge on any atom is 0.410 e. The van der Waals surface area contributed by atoms with E-state index in [-0.39, 0.29) is 24.1 Å². The van der Waals surface area contributed by atoms with Crippen LogP contribution in [0.4, 0.5) is 10.5 Å². The number of nitrogens with zero attached hydrogens (tertiary/aromatic N) is 5. The van der Waals surface area contributed by atoms with Crippen LogP contribution < -0.4 is 11.4 Å². The number of carbonyl (C=O) groups excluding carboxylic acids is 2. The lowest BCUT2D eigenvalue weighted by atomic mass is 9.83. The Morgan fingerprint density at radius 2 is 1.70 bits per heavy atom. The number of nitrogens with one attached hydrogen (secondary N) is 1. The first-order chi connectivity index (χ1) is 22.2. The number of benzene rings is 2. The second-order valence-electron chi connectivity index (χ2n) is 13.5. The molecule has 8 rings (SSSR count). The smallest absolute Gasteiger partial charge is 0.410 e. The fraction of sp³-hybridized carbons (Fsp3) is 0.559. The lowest BCUT2D eigenvalue weighted by molar-refractivity contribution is -0.143. The zero-order valence-corrected chi connectivity index (χ0v) is 27.3. The Morgan fingerprint density at radius 1 is 0.978 bits per heavy atom. The van der Waals surface area contributed by atoms with Gasteiger partial charge in [-0.2, -0.15) is 0 Å². The van der Waals surface area contributed by atoms with Crippen LogP contribution in [0.3, 0.4) is 0 Å². The van der Waals surface area contributed by atoms with Gasteiger partial charge in [-0.25, -0.2) is 9.59 Å². The van der Waals surface area contributed by atoms with Crippen LogP contribution in [-0.4, -0.2) is 112 Å². The highest BCUT2D eigenvalue weighted by Crippen LogP contribution is 2.32. The Hall–Kier alpha value is -3.54. The van der Waals surface area contributed by atoms with E-state index in [4.69, 9.17) is 22.1 Å². The van der Waals surface area contributed by atoms with E-state index in [0.717, 1.165) is 47.7 Å². The van der Waals surface area contributed by atoms with Gasteiger partial charge in [0.25, 0.3) is 5.91 Å². The molecule has 5 aliphatic heterocycles. The molecule has 5 saturated heterocycles. The summed E-state index contributed by atoms with van der Waals surface area (Å²) in [7, 11) is 0. The van der Waals surface area contributed by atoms with Gasteiger partial charge in [-0.1, -0.05) is 29.8 Å². The number of nitrogens with two attached hydrogens (primary N) is 1. The fourth-order valence-electron chi connectivity index (χ4n) is 8.10. The molecule has 0 aliphatic carbocycles. The number of amides is 2. The van der Waals surface area contributed by atoms with Crippen molar-refractivity contribution in [2.45, 2.75) is 57.2 Å². The Bertz CT molecular complexity index is 1630. The number of hydrogen-bond acceptors (Lipinski definition) is 7. The number of aromatic nitrogens is 2. The Kier molecular flexibility index (Phi) is 8.73.